The second-order valence-electron chi connectivity index (χ2n) is 14.4. The Hall–Kier alpha value is -6.44. The Morgan fingerprint density at radius 1 is 0.389 bits per heavy atom. The van der Waals surface area contributed by atoms with Crippen LogP contribution < -0.4 is 4.90 Å². The van der Waals surface area contributed by atoms with Crippen LogP contribution in [0.15, 0.2) is 188 Å². The van der Waals surface area contributed by atoms with E-state index in [0.717, 1.165) is 24.2 Å². The topological polar surface area (TPSA) is 3.24 Å². The first kappa shape index (κ1) is 33.4. The Balaban J connectivity index is 1.07. The quantitative estimate of drug-likeness (QED) is 0.136. The third-order valence-electron chi connectivity index (χ3n) is 11.5. The summed E-state index contributed by atoms with van der Waals surface area (Å²) in [5, 5.41) is 2.49. The van der Waals surface area contributed by atoms with Gasteiger partial charge in [-0.15, -0.1) is 0 Å². The van der Waals surface area contributed by atoms with E-state index in [1.165, 1.54) is 72.1 Å². The maximum atomic E-state index is 2.46. The number of hydrogen-bond acceptors (Lipinski definition) is 1. The van der Waals surface area contributed by atoms with Crippen molar-refractivity contribution in [2.75, 3.05) is 4.90 Å². The van der Waals surface area contributed by atoms with Crippen LogP contribution >= 0.6 is 0 Å². The molecule has 8 aromatic carbocycles. The van der Waals surface area contributed by atoms with Gasteiger partial charge in [-0.25, -0.2) is 0 Å². The molecule has 0 atom stereocenters. The minimum atomic E-state index is -0.0587. The maximum absolute atomic E-state index is 2.46. The van der Waals surface area contributed by atoms with E-state index in [4.69, 9.17) is 0 Å². The molecule has 0 N–H and O–H groups in total. The van der Waals surface area contributed by atoms with Gasteiger partial charge in [0.1, 0.15) is 0 Å². The molecule has 0 spiro atoms. The summed E-state index contributed by atoms with van der Waals surface area (Å²) in [5.74, 6) is 0. The maximum Gasteiger partial charge on any atom is 0.0465 e. The van der Waals surface area contributed by atoms with Gasteiger partial charge in [-0.1, -0.05) is 159 Å². The van der Waals surface area contributed by atoms with E-state index < -0.39 is 0 Å². The summed E-state index contributed by atoms with van der Waals surface area (Å²) in [7, 11) is 0. The van der Waals surface area contributed by atoms with Crippen molar-refractivity contribution in [3.63, 3.8) is 0 Å². The largest absolute Gasteiger partial charge is 0.310 e. The zero-order valence-corrected chi connectivity index (χ0v) is 30.9. The number of rotatable bonds is 9. The summed E-state index contributed by atoms with van der Waals surface area (Å²) in [4.78, 5) is 2.38. The van der Waals surface area contributed by atoms with Crippen molar-refractivity contribution in [3.8, 4) is 33.4 Å². The number of para-hydroxylation sites is 2. The summed E-state index contributed by atoms with van der Waals surface area (Å²) < 4.78 is 0. The Morgan fingerprint density at radius 3 is 1.41 bits per heavy atom. The molecule has 0 saturated heterocycles. The fourth-order valence-electron chi connectivity index (χ4n) is 8.68. The fraction of sp³-hybridized carbons (Fsp3) is 0.0943. The van der Waals surface area contributed by atoms with Gasteiger partial charge in [0, 0.05) is 22.5 Å². The van der Waals surface area contributed by atoms with Crippen molar-refractivity contribution in [3.05, 3.63) is 210 Å². The van der Waals surface area contributed by atoms with E-state index in [2.05, 4.69) is 219 Å². The third kappa shape index (κ3) is 5.93. The van der Waals surface area contributed by atoms with E-state index in [1.807, 2.05) is 0 Å². The molecule has 0 radical (unpaired) electrons. The van der Waals surface area contributed by atoms with Gasteiger partial charge < -0.3 is 4.90 Å². The van der Waals surface area contributed by atoms with E-state index in [1.54, 1.807) is 0 Å². The van der Waals surface area contributed by atoms with Gasteiger partial charge in [-0.05, 0) is 134 Å². The lowest BCUT2D eigenvalue weighted by atomic mass is 9.73. The van der Waals surface area contributed by atoms with Crippen molar-refractivity contribution in [2.24, 2.45) is 0 Å². The minimum Gasteiger partial charge on any atom is -0.310 e. The molecule has 0 unspecified atom stereocenters. The van der Waals surface area contributed by atoms with Gasteiger partial charge in [0.2, 0.25) is 0 Å². The normalized spacial score (nSPS) is 12.9. The molecule has 260 valence electrons. The van der Waals surface area contributed by atoms with Crippen LogP contribution in [0.2, 0.25) is 0 Å². The Bertz CT molecular complexity index is 2560. The first-order valence-electron chi connectivity index (χ1n) is 19.2. The summed E-state index contributed by atoms with van der Waals surface area (Å²) in [6, 6.07) is 68.6. The van der Waals surface area contributed by atoms with Crippen LogP contribution in [0.1, 0.15) is 48.9 Å². The van der Waals surface area contributed by atoms with Crippen molar-refractivity contribution in [1.29, 1.82) is 0 Å². The second-order valence-corrected chi connectivity index (χ2v) is 14.4. The van der Waals surface area contributed by atoms with Gasteiger partial charge >= 0.3 is 0 Å². The predicted molar refractivity (Wildman–Crippen MR) is 232 cm³/mol. The molecule has 54 heavy (non-hydrogen) atoms. The van der Waals surface area contributed by atoms with E-state index in [0.29, 0.717) is 0 Å². The highest BCUT2D eigenvalue weighted by atomic mass is 15.1. The molecular weight excluding hydrogens is 651 g/mol. The van der Waals surface area contributed by atoms with Crippen molar-refractivity contribution >= 4 is 40.0 Å². The molecule has 1 aliphatic rings. The van der Waals surface area contributed by atoms with Gasteiger partial charge in [0.15, 0.2) is 0 Å². The highest BCUT2D eigenvalue weighted by Crippen LogP contribution is 2.54. The Morgan fingerprint density at radius 2 is 0.852 bits per heavy atom. The number of benzene rings is 8. The average Bonchev–Trinajstić information content (AvgIpc) is 3.52. The monoisotopic (exact) mass is 693 g/mol. The molecule has 1 heteroatoms. The predicted octanol–water partition coefficient (Wildman–Crippen LogP) is 14.9. The highest BCUT2D eigenvalue weighted by molar-refractivity contribution is 5.97. The zero-order chi connectivity index (χ0) is 36.5. The summed E-state index contributed by atoms with van der Waals surface area (Å²) in [6.45, 7) is 4.71. The van der Waals surface area contributed by atoms with Crippen LogP contribution in [0.3, 0.4) is 0 Å². The smallest absolute Gasteiger partial charge is 0.0465 e. The van der Waals surface area contributed by atoms with Crippen molar-refractivity contribution < 1.29 is 0 Å². The third-order valence-corrected chi connectivity index (χ3v) is 11.5. The van der Waals surface area contributed by atoms with Gasteiger partial charge in [-0.2, -0.15) is 0 Å². The highest BCUT2D eigenvalue weighted by Gasteiger charge is 2.41. The summed E-state index contributed by atoms with van der Waals surface area (Å²) in [6.07, 6.45) is 6.63. The van der Waals surface area contributed by atoms with Crippen LogP contribution in [0.25, 0.3) is 56.3 Å². The molecule has 0 aromatic heterocycles. The molecule has 0 heterocycles. The van der Waals surface area contributed by atoms with Crippen LogP contribution in [-0.2, 0) is 5.41 Å². The number of nitrogens with zero attached hydrogens (tertiary/aromatic N) is 1. The van der Waals surface area contributed by atoms with Gasteiger partial charge in [0.05, 0.1) is 0 Å². The summed E-state index contributed by atoms with van der Waals surface area (Å²) in [5.41, 5.74) is 16.4. The van der Waals surface area contributed by atoms with Crippen LogP contribution in [-0.4, -0.2) is 0 Å². The van der Waals surface area contributed by atoms with Gasteiger partial charge in [-0.3, -0.25) is 0 Å². The van der Waals surface area contributed by atoms with Crippen molar-refractivity contribution in [1.82, 2.24) is 0 Å². The number of anilines is 3. The van der Waals surface area contributed by atoms with Crippen LogP contribution in [0.5, 0.6) is 0 Å². The minimum absolute atomic E-state index is 0.0587. The Kier molecular flexibility index (Phi) is 8.77. The molecule has 1 aliphatic carbocycles. The molecule has 8 aromatic rings. The van der Waals surface area contributed by atoms with Crippen LogP contribution in [0.4, 0.5) is 17.1 Å². The lowest BCUT2D eigenvalue weighted by molar-refractivity contribution is 0.490. The standard InChI is InChI=1S/C53H43N/c1-3-53(4-2)51-34-39(28-31-47(51)48-32-30-46(37-52(48)53)54(44-21-13-7-14-22-44)45-23-15-8-16-24-45)26-25-38-27-29-42-35-49(40-17-9-5-10-18-40)50(36-43(42)33-38)41-19-11-6-12-20-41/h5-37H,3-4H2,1-2H3/b26-25+. The zero-order valence-electron chi connectivity index (χ0n) is 30.9. The molecule has 0 bridgehead atoms. The molecule has 0 fully saturated rings. The molecule has 0 aliphatic heterocycles. The summed E-state index contributed by atoms with van der Waals surface area (Å²) >= 11 is 0. The van der Waals surface area contributed by atoms with E-state index >= 15 is 0 Å². The van der Waals surface area contributed by atoms with Gasteiger partial charge in [0.25, 0.3) is 0 Å². The lowest BCUT2D eigenvalue weighted by Gasteiger charge is -2.32. The molecule has 1 nitrogen and oxygen atoms in total. The fourth-order valence-corrected chi connectivity index (χ4v) is 8.68. The Labute approximate surface area is 319 Å². The van der Waals surface area contributed by atoms with E-state index in [-0.39, 0.29) is 5.41 Å². The molecule has 0 saturated carbocycles. The first-order chi connectivity index (χ1) is 26.6. The lowest BCUT2D eigenvalue weighted by Crippen LogP contribution is -2.23. The van der Waals surface area contributed by atoms with Crippen LogP contribution in [0, 0.1) is 0 Å². The molecule has 0 amide bonds. The number of hydrogen-bond donors (Lipinski definition) is 0. The van der Waals surface area contributed by atoms with Crippen molar-refractivity contribution in [2.45, 2.75) is 32.1 Å². The molecule has 9 rings (SSSR count). The first-order valence-corrected chi connectivity index (χ1v) is 19.2. The van der Waals surface area contributed by atoms with E-state index in [9.17, 15) is 0 Å². The number of fused-ring (bicyclic) bond motifs is 4. The second kappa shape index (κ2) is 14.2. The SMILES string of the molecule is CCC1(CC)c2cc(/C=C/c3ccc4cc(-c5ccccc5)c(-c5ccccc5)cc4c3)ccc2-c2ccc(N(c3ccccc3)c3ccccc3)cc21. The molecular formula is C53H43N. The average molecular weight is 694 g/mol.